The minimum Gasteiger partial charge on any atom is -0.344 e. The molecule has 1 N–H and O–H groups in total. The second kappa shape index (κ2) is 7.23. The van der Waals surface area contributed by atoms with E-state index in [0.29, 0.717) is 5.92 Å². The summed E-state index contributed by atoms with van der Waals surface area (Å²) in [6, 6.07) is 12.6. The van der Waals surface area contributed by atoms with E-state index in [1.54, 1.807) is 0 Å². The van der Waals surface area contributed by atoms with Gasteiger partial charge in [-0.1, -0.05) is 32.0 Å². The van der Waals surface area contributed by atoms with Crippen LogP contribution in [0.1, 0.15) is 25.1 Å². The Balaban J connectivity index is 2.11. The molecule has 0 bridgehead atoms. The minimum absolute atomic E-state index is 0.655. The van der Waals surface area contributed by atoms with Crippen molar-refractivity contribution in [3.8, 4) is 0 Å². The first-order valence-corrected chi connectivity index (χ1v) is 7.53. The minimum atomic E-state index is 0.655. The van der Waals surface area contributed by atoms with Crippen molar-refractivity contribution < 1.29 is 0 Å². The Hall–Kier alpha value is -1.87. The zero-order chi connectivity index (χ0) is 15.2. The van der Waals surface area contributed by atoms with Crippen molar-refractivity contribution in [3.63, 3.8) is 0 Å². The van der Waals surface area contributed by atoms with E-state index in [4.69, 9.17) is 0 Å². The Labute approximate surface area is 128 Å². The Morgan fingerprint density at radius 2 is 1.95 bits per heavy atom. The number of nitrogens with one attached hydrogen (secondary N) is 1. The number of aromatic nitrogens is 1. The van der Waals surface area contributed by atoms with Crippen LogP contribution >= 0.6 is 0 Å². The van der Waals surface area contributed by atoms with Gasteiger partial charge in [0, 0.05) is 31.2 Å². The summed E-state index contributed by atoms with van der Waals surface area (Å²) in [7, 11) is 2.10. The highest BCUT2D eigenvalue weighted by molar-refractivity contribution is 5.65. The number of pyridine rings is 1. The van der Waals surface area contributed by atoms with Crippen molar-refractivity contribution in [1.29, 1.82) is 0 Å². The van der Waals surface area contributed by atoms with E-state index in [2.05, 4.69) is 79.4 Å². The number of hydrogen-bond donors (Lipinski definition) is 1. The highest BCUT2D eigenvalue weighted by Gasteiger charge is 2.07. The average Bonchev–Trinajstić information content (AvgIpc) is 2.47. The number of para-hydroxylation sites is 1. The zero-order valence-corrected chi connectivity index (χ0v) is 13.4. The van der Waals surface area contributed by atoms with Crippen LogP contribution in [0.3, 0.4) is 0 Å². The molecule has 2 aromatic rings. The lowest BCUT2D eigenvalue weighted by Gasteiger charge is -2.22. The van der Waals surface area contributed by atoms with Crippen LogP contribution in [0.15, 0.2) is 42.6 Å². The van der Waals surface area contributed by atoms with Gasteiger partial charge in [-0.15, -0.1) is 0 Å². The Bertz CT molecular complexity index is 578. The molecule has 0 saturated carbocycles. The second-order valence-electron chi connectivity index (χ2n) is 5.88. The van der Waals surface area contributed by atoms with E-state index >= 15 is 0 Å². The van der Waals surface area contributed by atoms with Crippen LogP contribution in [0.4, 0.5) is 11.4 Å². The predicted molar refractivity (Wildman–Crippen MR) is 90.0 cm³/mol. The summed E-state index contributed by atoms with van der Waals surface area (Å²) < 4.78 is 0. The van der Waals surface area contributed by atoms with E-state index in [-0.39, 0.29) is 0 Å². The molecular weight excluding hydrogens is 258 g/mol. The summed E-state index contributed by atoms with van der Waals surface area (Å²) in [4.78, 5) is 6.66. The van der Waals surface area contributed by atoms with Crippen molar-refractivity contribution in [1.82, 2.24) is 10.3 Å². The van der Waals surface area contributed by atoms with Gasteiger partial charge < -0.3 is 10.2 Å². The highest BCUT2D eigenvalue weighted by Crippen LogP contribution is 2.26. The molecule has 0 unspecified atom stereocenters. The van der Waals surface area contributed by atoms with E-state index < -0.39 is 0 Å². The largest absolute Gasteiger partial charge is 0.344 e. The summed E-state index contributed by atoms with van der Waals surface area (Å²) in [6.45, 7) is 8.39. The fourth-order valence-electron chi connectivity index (χ4n) is 2.34. The lowest BCUT2D eigenvalue weighted by atomic mass is 10.1. The molecule has 0 radical (unpaired) electrons. The van der Waals surface area contributed by atoms with Crippen LogP contribution in [0, 0.1) is 12.8 Å². The quantitative estimate of drug-likeness (QED) is 0.871. The maximum atomic E-state index is 4.45. The molecule has 0 aliphatic carbocycles. The summed E-state index contributed by atoms with van der Waals surface area (Å²) >= 11 is 0. The van der Waals surface area contributed by atoms with Crippen molar-refractivity contribution >= 4 is 11.4 Å². The lowest BCUT2D eigenvalue weighted by molar-refractivity contribution is 0.548. The number of rotatable bonds is 6. The molecule has 3 heteroatoms. The van der Waals surface area contributed by atoms with Crippen molar-refractivity contribution in [3.05, 3.63) is 53.9 Å². The summed E-state index contributed by atoms with van der Waals surface area (Å²) in [6.07, 6.45) is 1.89. The maximum Gasteiger partial charge on any atom is 0.0562 e. The molecule has 1 aromatic carbocycles. The summed E-state index contributed by atoms with van der Waals surface area (Å²) in [5, 5.41) is 3.44. The lowest BCUT2D eigenvalue weighted by Crippen LogP contribution is -2.20. The van der Waals surface area contributed by atoms with Gasteiger partial charge in [0.05, 0.1) is 5.69 Å². The van der Waals surface area contributed by atoms with Gasteiger partial charge in [-0.25, -0.2) is 0 Å². The molecule has 1 heterocycles. The smallest absolute Gasteiger partial charge is 0.0562 e. The van der Waals surface area contributed by atoms with Crippen molar-refractivity contribution in [2.45, 2.75) is 27.3 Å². The third-order valence-electron chi connectivity index (χ3n) is 3.52. The topological polar surface area (TPSA) is 28.2 Å². The Morgan fingerprint density at radius 3 is 2.67 bits per heavy atom. The fourth-order valence-corrected chi connectivity index (χ4v) is 2.34. The SMILES string of the molecule is Cc1ccccc1N(C)c1ccnc(CNCC(C)C)c1. The van der Waals surface area contributed by atoms with Gasteiger partial charge in [-0.3, -0.25) is 4.98 Å². The van der Waals surface area contributed by atoms with E-state index in [1.165, 1.54) is 16.9 Å². The highest BCUT2D eigenvalue weighted by atomic mass is 15.1. The predicted octanol–water partition coefficient (Wildman–Crippen LogP) is 3.90. The normalized spacial score (nSPS) is 10.9. The molecule has 0 aliphatic rings. The molecule has 112 valence electrons. The van der Waals surface area contributed by atoms with Gasteiger partial charge in [0.1, 0.15) is 0 Å². The summed E-state index contributed by atoms with van der Waals surface area (Å²) in [5.41, 5.74) is 4.75. The summed E-state index contributed by atoms with van der Waals surface area (Å²) in [5.74, 6) is 0.655. The molecule has 0 saturated heterocycles. The van der Waals surface area contributed by atoms with E-state index in [9.17, 15) is 0 Å². The number of nitrogens with zero attached hydrogens (tertiary/aromatic N) is 2. The first-order valence-electron chi connectivity index (χ1n) is 7.53. The number of hydrogen-bond acceptors (Lipinski definition) is 3. The molecule has 21 heavy (non-hydrogen) atoms. The van der Waals surface area contributed by atoms with Gasteiger partial charge in [-0.2, -0.15) is 0 Å². The molecule has 2 rings (SSSR count). The van der Waals surface area contributed by atoms with Crippen LogP contribution in [0.25, 0.3) is 0 Å². The molecule has 0 spiro atoms. The first-order chi connectivity index (χ1) is 10.1. The third kappa shape index (κ3) is 4.30. The van der Waals surface area contributed by atoms with Crippen molar-refractivity contribution in [2.24, 2.45) is 5.92 Å². The molecular formula is C18H25N3. The average molecular weight is 283 g/mol. The molecule has 0 atom stereocenters. The molecule has 3 nitrogen and oxygen atoms in total. The van der Waals surface area contributed by atoms with Crippen LogP contribution in [-0.4, -0.2) is 18.6 Å². The van der Waals surface area contributed by atoms with Gasteiger partial charge in [-0.05, 0) is 43.1 Å². The second-order valence-corrected chi connectivity index (χ2v) is 5.88. The van der Waals surface area contributed by atoms with Gasteiger partial charge >= 0.3 is 0 Å². The van der Waals surface area contributed by atoms with E-state index in [1.807, 2.05) is 6.20 Å². The number of benzene rings is 1. The standard InChI is InChI=1S/C18H25N3/c1-14(2)12-19-13-16-11-17(9-10-20-16)21(4)18-8-6-5-7-15(18)3/h5-11,14,19H,12-13H2,1-4H3. The monoisotopic (exact) mass is 283 g/mol. The molecule has 0 amide bonds. The fraction of sp³-hybridized carbons (Fsp3) is 0.389. The molecule has 0 fully saturated rings. The van der Waals surface area contributed by atoms with Crippen LogP contribution in [0.5, 0.6) is 0 Å². The first kappa shape index (κ1) is 15.5. The number of aryl methyl sites for hydroxylation is 1. The van der Waals surface area contributed by atoms with Crippen LogP contribution in [0.2, 0.25) is 0 Å². The van der Waals surface area contributed by atoms with Gasteiger partial charge in [0.25, 0.3) is 0 Å². The van der Waals surface area contributed by atoms with Crippen molar-refractivity contribution in [2.75, 3.05) is 18.5 Å². The van der Waals surface area contributed by atoms with E-state index in [0.717, 1.165) is 18.8 Å². The third-order valence-corrected chi connectivity index (χ3v) is 3.52. The van der Waals surface area contributed by atoms with Crippen LogP contribution < -0.4 is 10.2 Å². The van der Waals surface area contributed by atoms with Gasteiger partial charge in [0.2, 0.25) is 0 Å². The van der Waals surface area contributed by atoms with Crippen LogP contribution in [-0.2, 0) is 6.54 Å². The Morgan fingerprint density at radius 1 is 1.19 bits per heavy atom. The maximum absolute atomic E-state index is 4.45. The zero-order valence-electron chi connectivity index (χ0n) is 13.4. The Kier molecular flexibility index (Phi) is 5.34. The molecule has 1 aromatic heterocycles. The molecule has 0 aliphatic heterocycles. The number of anilines is 2. The van der Waals surface area contributed by atoms with Gasteiger partial charge in [0.15, 0.2) is 0 Å².